The third-order valence-electron chi connectivity index (χ3n) is 1.63. The van der Waals surface area contributed by atoms with Gasteiger partial charge in [-0.25, -0.2) is 0 Å². The molecule has 13 heavy (non-hydrogen) atoms. The second-order valence-electron chi connectivity index (χ2n) is 2.51. The highest BCUT2D eigenvalue weighted by molar-refractivity contribution is 9.15. The van der Waals surface area contributed by atoms with E-state index in [1.54, 1.807) is 6.08 Å². The molecule has 72 valence electrons. The van der Waals surface area contributed by atoms with Crippen LogP contribution >= 0.6 is 47.8 Å². The van der Waals surface area contributed by atoms with E-state index >= 15 is 0 Å². The lowest BCUT2D eigenvalue weighted by Crippen LogP contribution is -2.37. The number of carbonyl (C=O) groups is 1. The van der Waals surface area contributed by atoms with Crippen LogP contribution < -0.4 is 0 Å². The van der Waals surface area contributed by atoms with E-state index < -0.39 is 16.4 Å². The SMILES string of the molecule is O=C(O)C1C=CC(Br)=C(Br)C1(O)Br. The maximum atomic E-state index is 10.7. The Hall–Kier alpha value is 0.350. The summed E-state index contributed by atoms with van der Waals surface area (Å²) in [6.45, 7) is 0. The van der Waals surface area contributed by atoms with Gasteiger partial charge in [0.1, 0.15) is 5.92 Å². The zero-order valence-corrected chi connectivity index (χ0v) is 10.9. The summed E-state index contributed by atoms with van der Waals surface area (Å²) >= 11 is 9.23. The largest absolute Gasteiger partial charge is 0.481 e. The summed E-state index contributed by atoms with van der Waals surface area (Å²) in [5.74, 6) is -2.09. The first-order valence-electron chi connectivity index (χ1n) is 3.25. The van der Waals surface area contributed by atoms with Gasteiger partial charge in [-0.1, -0.05) is 28.1 Å². The van der Waals surface area contributed by atoms with Crippen LogP contribution in [-0.4, -0.2) is 20.7 Å². The summed E-state index contributed by atoms with van der Waals surface area (Å²) < 4.78 is -0.592. The maximum absolute atomic E-state index is 10.7. The highest BCUT2D eigenvalue weighted by atomic mass is 79.9. The van der Waals surface area contributed by atoms with Crippen LogP contribution in [0.15, 0.2) is 21.1 Å². The number of alkyl halides is 1. The molecule has 0 aromatic carbocycles. The first-order chi connectivity index (χ1) is 5.87. The topological polar surface area (TPSA) is 57.5 Å². The Balaban J connectivity index is 3.12. The molecule has 3 nitrogen and oxygen atoms in total. The van der Waals surface area contributed by atoms with E-state index in [0.717, 1.165) is 0 Å². The van der Waals surface area contributed by atoms with E-state index in [-0.39, 0.29) is 0 Å². The number of allylic oxidation sites excluding steroid dienone is 2. The van der Waals surface area contributed by atoms with Gasteiger partial charge in [-0.2, -0.15) is 0 Å². The minimum Gasteiger partial charge on any atom is -0.481 e. The fourth-order valence-corrected chi connectivity index (χ4v) is 2.59. The van der Waals surface area contributed by atoms with Crippen LogP contribution in [-0.2, 0) is 4.79 Å². The third kappa shape index (κ3) is 2.06. The van der Waals surface area contributed by atoms with Gasteiger partial charge in [0.15, 0.2) is 4.51 Å². The number of carboxylic acid groups (broad SMARTS) is 1. The zero-order chi connectivity index (χ0) is 10.2. The fraction of sp³-hybridized carbons (Fsp3) is 0.286. The Morgan fingerprint density at radius 2 is 2.08 bits per heavy atom. The first-order valence-corrected chi connectivity index (χ1v) is 5.63. The maximum Gasteiger partial charge on any atom is 0.314 e. The van der Waals surface area contributed by atoms with Crippen LogP contribution in [0.4, 0.5) is 0 Å². The van der Waals surface area contributed by atoms with Gasteiger partial charge < -0.3 is 10.2 Å². The molecule has 0 fully saturated rings. The quantitative estimate of drug-likeness (QED) is 0.691. The highest BCUT2D eigenvalue weighted by Crippen LogP contribution is 2.43. The molecule has 0 heterocycles. The monoisotopic (exact) mass is 374 g/mol. The van der Waals surface area contributed by atoms with Gasteiger partial charge in [0, 0.05) is 4.48 Å². The standard InChI is InChI=1S/C7H5Br3O3/c8-4-2-1-3(6(11)12)7(10,13)5(4)9/h1-3,13H,(H,11,12). The van der Waals surface area contributed by atoms with E-state index in [0.29, 0.717) is 8.96 Å². The van der Waals surface area contributed by atoms with Crippen LogP contribution in [0.1, 0.15) is 0 Å². The van der Waals surface area contributed by atoms with Gasteiger partial charge in [-0.15, -0.1) is 0 Å². The minimum absolute atomic E-state index is 0.370. The van der Waals surface area contributed by atoms with Crippen molar-refractivity contribution in [3.63, 3.8) is 0 Å². The fourth-order valence-electron chi connectivity index (χ4n) is 0.931. The summed E-state index contributed by atoms with van der Waals surface area (Å²) in [7, 11) is 0. The second-order valence-corrected chi connectivity index (χ2v) is 5.37. The van der Waals surface area contributed by atoms with Crippen molar-refractivity contribution in [2.24, 2.45) is 5.92 Å². The second kappa shape index (κ2) is 3.84. The molecule has 1 aliphatic rings. The molecule has 2 atom stereocenters. The molecule has 2 unspecified atom stereocenters. The number of aliphatic hydroxyl groups is 1. The predicted octanol–water partition coefficient (Wildman–Crippen LogP) is 2.34. The molecule has 6 heteroatoms. The van der Waals surface area contributed by atoms with Crippen LogP contribution in [0.5, 0.6) is 0 Å². The van der Waals surface area contributed by atoms with Gasteiger partial charge in [0.05, 0.1) is 4.48 Å². The molecular formula is C7H5Br3O3. The highest BCUT2D eigenvalue weighted by Gasteiger charge is 2.43. The molecule has 0 aliphatic heterocycles. The molecule has 2 N–H and O–H groups in total. The molecule has 0 bridgehead atoms. The number of hydrogen-bond acceptors (Lipinski definition) is 2. The summed E-state index contributed by atoms with van der Waals surface area (Å²) in [4.78, 5) is 10.7. The van der Waals surface area contributed by atoms with Gasteiger partial charge in [0.25, 0.3) is 0 Å². The van der Waals surface area contributed by atoms with Crippen LogP contribution in [0.3, 0.4) is 0 Å². The number of aliphatic carboxylic acids is 1. The van der Waals surface area contributed by atoms with Crippen molar-refractivity contribution in [1.82, 2.24) is 0 Å². The van der Waals surface area contributed by atoms with Crippen molar-refractivity contribution in [3.8, 4) is 0 Å². The number of carboxylic acids is 1. The summed E-state index contributed by atoms with van der Waals surface area (Å²) in [6.07, 6.45) is 2.99. The average Bonchev–Trinajstić information content (AvgIpc) is 1.99. The van der Waals surface area contributed by atoms with Crippen LogP contribution in [0.2, 0.25) is 0 Å². The van der Waals surface area contributed by atoms with Crippen molar-refractivity contribution in [1.29, 1.82) is 0 Å². The number of hydrogen-bond donors (Lipinski definition) is 2. The first kappa shape index (κ1) is 11.4. The van der Waals surface area contributed by atoms with E-state index in [1.165, 1.54) is 6.08 Å². The summed E-state index contributed by atoms with van der Waals surface area (Å²) in [5.41, 5.74) is 0. The van der Waals surface area contributed by atoms with E-state index in [4.69, 9.17) is 5.11 Å². The lowest BCUT2D eigenvalue weighted by molar-refractivity contribution is -0.143. The minimum atomic E-state index is -1.58. The van der Waals surface area contributed by atoms with Crippen molar-refractivity contribution in [2.75, 3.05) is 0 Å². The molecule has 0 radical (unpaired) electrons. The molecule has 1 aliphatic carbocycles. The van der Waals surface area contributed by atoms with E-state index in [1.807, 2.05) is 0 Å². The Kier molecular flexibility index (Phi) is 3.38. The smallest absolute Gasteiger partial charge is 0.314 e. The molecule has 0 saturated heterocycles. The van der Waals surface area contributed by atoms with Gasteiger partial charge >= 0.3 is 5.97 Å². The number of rotatable bonds is 1. The van der Waals surface area contributed by atoms with Crippen molar-refractivity contribution >= 4 is 53.8 Å². The van der Waals surface area contributed by atoms with Crippen LogP contribution in [0, 0.1) is 5.92 Å². The Bertz CT molecular complexity index is 306. The average molecular weight is 377 g/mol. The predicted molar refractivity (Wildman–Crippen MR) is 59.0 cm³/mol. The molecule has 0 saturated carbocycles. The third-order valence-corrected chi connectivity index (χ3v) is 5.28. The van der Waals surface area contributed by atoms with Gasteiger partial charge in [0.2, 0.25) is 0 Å². The zero-order valence-electron chi connectivity index (χ0n) is 6.17. The summed E-state index contributed by atoms with van der Waals surface area (Å²) in [5, 5.41) is 18.6. The molecule has 1 rings (SSSR count). The lowest BCUT2D eigenvalue weighted by atomic mass is 9.98. The molecule has 0 spiro atoms. The van der Waals surface area contributed by atoms with Crippen molar-refractivity contribution in [2.45, 2.75) is 4.51 Å². The summed E-state index contributed by atoms with van der Waals surface area (Å²) in [6, 6.07) is 0. The normalized spacial score (nSPS) is 33.7. The van der Waals surface area contributed by atoms with Gasteiger partial charge in [-0.05, 0) is 31.9 Å². The van der Waals surface area contributed by atoms with E-state index in [2.05, 4.69) is 47.8 Å². The van der Waals surface area contributed by atoms with Gasteiger partial charge in [-0.3, -0.25) is 4.79 Å². The van der Waals surface area contributed by atoms with Crippen molar-refractivity contribution in [3.05, 3.63) is 21.1 Å². The molecular weight excluding hydrogens is 372 g/mol. The van der Waals surface area contributed by atoms with Crippen LogP contribution in [0.25, 0.3) is 0 Å². The number of halogens is 3. The molecule has 0 aromatic heterocycles. The van der Waals surface area contributed by atoms with Crippen molar-refractivity contribution < 1.29 is 15.0 Å². The Morgan fingerprint density at radius 1 is 1.54 bits per heavy atom. The van der Waals surface area contributed by atoms with E-state index in [9.17, 15) is 9.90 Å². The Morgan fingerprint density at radius 3 is 2.54 bits per heavy atom. The molecule has 0 aromatic rings. The Labute approximate surface area is 99.9 Å². The lowest BCUT2D eigenvalue weighted by Gasteiger charge is -2.29. The molecule has 0 amide bonds.